The molecule has 0 unspecified atom stereocenters. The number of nitrogens with one attached hydrogen (secondary N) is 1. The summed E-state index contributed by atoms with van der Waals surface area (Å²) < 4.78 is 0. The lowest BCUT2D eigenvalue weighted by molar-refractivity contribution is 0.0690. The molecule has 0 aliphatic rings. The van der Waals surface area contributed by atoms with Gasteiger partial charge in [-0.3, -0.25) is 4.98 Å². The molecular formula is C13H9N3O2. The second-order valence-corrected chi connectivity index (χ2v) is 3.84. The number of aromatic amines is 1. The summed E-state index contributed by atoms with van der Waals surface area (Å²) in [5.41, 5.74) is 2.54. The summed E-state index contributed by atoms with van der Waals surface area (Å²) in [5.74, 6) is -1.08. The van der Waals surface area contributed by atoms with Gasteiger partial charge in [0.15, 0.2) is 5.69 Å². The van der Waals surface area contributed by atoms with Crippen LogP contribution in [0.2, 0.25) is 0 Å². The normalized spacial score (nSPS) is 10.7. The Morgan fingerprint density at radius 2 is 2.06 bits per heavy atom. The number of hydrogen-bond donors (Lipinski definition) is 2. The molecule has 0 aliphatic carbocycles. The predicted molar refractivity (Wildman–Crippen MR) is 66.3 cm³/mol. The average molecular weight is 239 g/mol. The fraction of sp³-hybridized carbons (Fsp3) is 0. The molecule has 0 fully saturated rings. The van der Waals surface area contributed by atoms with E-state index in [1.165, 1.54) is 12.4 Å². The van der Waals surface area contributed by atoms with E-state index in [9.17, 15) is 4.79 Å². The molecule has 1 aromatic carbocycles. The molecule has 0 bridgehead atoms. The first-order valence-corrected chi connectivity index (χ1v) is 5.37. The van der Waals surface area contributed by atoms with Gasteiger partial charge in [0.25, 0.3) is 0 Å². The molecule has 5 heteroatoms. The number of aromatic nitrogens is 3. The zero-order valence-electron chi connectivity index (χ0n) is 9.29. The monoisotopic (exact) mass is 239 g/mol. The molecule has 5 nitrogen and oxygen atoms in total. The van der Waals surface area contributed by atoms with Crippen molar-refractivity contribution in [1.82, 2.24) is 15.0 Å². The van der Waals surface area contributed by atoms with E-state index >= 15 is 0 Å². The number of rotatable bonds is 2. The fourth-order valence-corrected chi connectivity index (χ4v) is 1.89. The Labute approximate surface area is 102 Å². The summed E-state index contributed by atoms with van der Waals surface area (Å²) in [6, 6.07) is 7.77. The molecule has 18 heavy (non-hydrogen) atoms. The van der Waals surface area contributed by atoms with Gasteiger partial charge in [0, 0.05) is 22.7 Å². The molecule has 0 atom stereocenters. The highest BCUT2D eigenvalue weighted by atomic mass is 16.4. The maximum absolute atomic E-state index is 10.7. The third-order valence-corrected chi connectivity index (χ3v) is 2.74. The van der Waals surface area contributed by atoms with Crippen LogP contribution in [-0.4, -0.2) is 26.0 Å². The molecular weight excluding hydrogens is 230 g/mol. The van der Waals surface area contributed by atoms with Crippen molar-refractivity contribution in [3.05, 3.63) is 48.5 Å². The fourth-order valence-electron chi connectivity index (χ4n) is 1.89. The zero-order valence-corrected chi connectivity index (χ0v) is 9.29. The summed E-state index contributed by atoms with van der Waals surface area (Å²) in [7, 11) is 0. The Hall–Kier alpha value is -2.69. The van der Waals surface area contributed by atoms with Crippen molar-refractivity contribution >= 4 is 16.9 Å². The molecule has 0 aliphatic heterocycles. The van der Waals surface area contributed by atoms with Gasteiger partial charge in [-0.05, 0) is 12.1 Å². The van der Waals surface area contributed by atoms with Crippen molar-refractivity contribution in [2.45, 2.75) is 0 Å². The van der Waals surface area contributed by atoms with Crippen molar-refractivity contribution in [2.24, 2.45) is 0 Å². The van der Waals surface area contributed by atoms with Crippen LogP contribution in [0.15, 0.2) is 42.9 Å². The molecule has 88 valence electrons. The van der Waals surface area contributed by atoms with Crippen molar-refractivity contribution in [2.75, 3.05) is 0 Å². The van der Waals surface area contributed by atoms with Gasteiger partial charge < -0.3 is 10.1 Å². The molecule has 3 aromatic rings. The standard InChI is InChI=1S/C13H9N3O2/c17-13(18)12-7-15-11(6-16-12)8-2-1-3-10-9(8)4-5-14-10/h1-7,14H,(H,17,18). The number of fused-ring (bicyclic) bond motifs is 1. The Kier molecular flexibility index (Phi) is 2.30. The van der Waals surface area contributed by atoms with E-state index < -0.39 is 5.97 Å². The molecule has 2 aromatic heterocycles. The Balaban J connectivity index is 2.14. The average Bonchev–Trinajstić information content (AvgIpc) is 2.87. The topological polar surface area (TPSA) is 78.9 Å². The number of aromatic carboxylic acids is 1. The van der Waals surface area contributed by atoms with Gasteiger partial charge in [0.1, 0.15) is 0 Å². The van der Waals surface area contributed by atoms with Crippen molar-refractivity contribution in [1.29, 1.82) is 0 Å². The van der Waals surface area contributed by atoms with Crippen molar-refractivity contribution < 1.29 is 9.90 Å². The van der Waals surface area contributed by atoms with Crippen LogP contribution < -0.4 is 0 Å². The Morgan fingerprint density at radius 3 is 2.78 bits per heavy atom. The number of H-pyrrole nitrogens is 1. The van der Waals surface area contributed by atoms with Gasteiger partial charge >= 0.3 is 5.97 Å². The van der Waals surface area contributed by atoms with Crippen LogP contribution in [-0.2, 0) is 0 Å². The summed E-state index contributed by atoms with van der Waals surface area (Å²) in [6.07, 6.45) is 4.60. The van der Waals surface area contributed by atoms with E-state index in [-0.39, 0.29) is 5.69 Å². The van der Waals surface area contributed by atoms with Gasteiger partial charge in [-0.2, -0.15) is 0 Å². The summed E-state index contributed by atoms with van der Waals surface area (Å²) in [4.78, 5) is 21.8. The van der Waals surface area contributed by atoms with Gasteiger partial charge in [-0.25, -0.2) is 9.78 Å². The summed E-state index contributed by atoms with van der Waals surface area (Å²) in [6.45, 7) is 0. The van der Waals surface area contributed by atoms with Crippen molar-refractivity contribution in [3.63, 3.8) is 0 Å². The van der Waals surface area contributed by atoms with Crippen LogP contribution in [0.4, 0.5) is 0 Å². The van der Waals surface area contributed by atoms with Crippen LogP contribution in [0.1, 0.15) is 10.5 Å². The third kappa shape index (κ3) is 1.62. The lowest BCUT2D eigenvalue weighted by Crippen LogP contribution is -2.01. The van der Waals surface area contributed by atoms with E-state index in [0.717, 1.165) is 16.5 Å². The van der Waals surface area contributed by atoms with E-state index in [4.69, 9.17) is 5.11 Å². The molecule has 2 N–H and O–H groups in total. The van der Waals surface area contributed by atoms with Crippen LogP contribution in [0.25, 0.3) is 22.2 Å². The summed E-state index contributed by atoms with van der Waals surface area (Å²) in [5, 5.41) is 9.81. The highest BCUT2D eigenvalue weighted by Gasteiger charge is 2.08. The minimum Gasteiger partial charge on any atom is -0.476 e. The Morgan fingerprint density at radius 1 is 1.17 bits per heavy atom. The predicted octanol–water partition coefficient (Wildman–Crippen LogP) is 2.32. The maximum Gasteiger partial charge on any atom is 0.356 e. The molecule has 0 spiro atoms. The number of carboxylic acids is 1. The second kappa shape index (κ2) is 3.96. The first-order chi connectivity index (χ1) is 8.75. The van der Waals surface area contributed by atoms with E-state index in [1.807, 2.05) is 30.5 Å². The molecule has 2 heterocycles. The second-order valence-electron chi connectivity index (χ2n) is 3.84. The molecule has 0 saturated heterocycles. The van der Waals surface area contributed by atoms with Crippen LogP contribution >= 0.6 is 0 Å². The number of carboxylic acid groups (broad SMARTS) is 1. The lowest BCUT2D eigenvalue weighted by Gasteiger charge is -2.02. The van der Waals surface area contributed by atoms with Gasteiger partial charge in [-0.1, -0.05) is 12.1 Å². The number of nitrogens with zero attached hydrogens (tertiary/aromatic N) is 2. The SMILES string of the molecule is O=C(O)c1cnc(-c2cccc3[nH]ccc23)cn1. The minimum atomic E-state index is -1.08. The number of hydrogen-bond acceptors (Lipinski definition) is 3. The highest BCUT2D eigenvalue weighted by Crippen LogP contribution is 2.25. The number of carbonyl (C=O) groups is 1. The molecule has 0 radical (unpaired) electrons. The van der Waals surface area contributed by atoms with Crippen molar-refractivity contribution in [3.8, 4) is 11.3 Å². The van der Waals surface area contributed by atoms with Gasteiger partial charge in [0.2, 0.25) is 0 Å². The van der Waals surface area contributed by atoms with Crippen LogP contribution in [0.5, 0.6) is 0 Å². The molecule has 0 amide bonds. The first-order valence-electron chi connectivity index (χ1n) is 5.37. The lowest BCUT2D eigenvalue weighted by atomic mass is 10.1. The van der Waals surface area contributed by atoms with E-state index in [1.54, 1.807) is 0 Å². The van der Waals surface area contributed by atoms with Crippen LogP contribution in [0.3, 0.4) is 0 Å². The smallest absolute Gasteiger partial charge is 0.356 e. The minimum absolute atomic E-state index is 0.0556. The van der Waals surface area contributed by atoms with E-state index in [0.29, 0.717) is 5.69 Å². The first kappa shape index (κ1) is 10.5. The molecule has 3 rings (SSSR count). The zero-order chi connectivity index (χ0) is 12.5. The van der Waals surface area contributed by atoms with E-state index in [2.05, 4.69) is 15.0 Å². The van der Waals surface area contributed by atoms with Crippen LogP contribution in [0, 0.1) is 0 Å². The molecule has 0 saturated carbocycles. The number of benzene rings is 1. The summed E-state index contributed by atoms with van der Waals surface area (Å²) >= 11 is 0. The highest BCUT2D eigenvalue weighted by molar-refractivity contribution is 5.94. The van der Waals surface area contributed by atoms with Gasteiger partial charge in [0.05, 0.1) is 18.1 Å². The maximum atomic E-state index is 10.7. The Bertz CT molecular complexity index is 716. The van der Waals surface area contributed by atoms with Gasteiger partial charge in [-0.15, -0.1) is 0 Å². The largest absolute Gasteiger partial charge is 0.476 e. The quantitative estimate of drug-likeness (QED) is 0.719. The third-order valence-electron chi connectivity index (χ3n) is 2.74.